The molecule has 3 nitrogen and oxygen atoms in total. The standard InChI is InChI=1S/C13H29N3.HI/c1-6-8-9-11(7-2)10-15-12(14)16-13(3,4)5;/h11H,6-10H2,1-5H3,(H3,14,15,16);1H. The average Bonchev–Trinajstić information content (AvgIpc) is 2.15. The SMILES string of the molecule is CCCCC(CC)CN=C(N)NC(C)(C)C.I. The van der Waals surface area contributed by atoms with Crippen LogP contribution in [-0.2, 0) is 0 Å². The molecule has 0 fully saturated rings. The second-order valence-electron chi connectivity index (χ2n) is 5.52. The summed E-state index contributed by atoms with van der Waals surface area (Å²) in [5.74, 6) is 1.25. The van der Waals surface area contributed by atoms with E-state index in [1.807, 2.05) is 0 Å². The summed E-state index contributed by atoms with van der Waals surface area (Å²) in [5, 5.41) is 3.18. The number of guanidine groups is 1. The second-order valence-corrected chi connectivity index (χ2v) is 5.52. The van der Waals surface area contributed by atoms with Gasteiger partial charge in [0.25, 0.3) is 0 Å². The fourth-order valence-corrected chi connectivity index (χ4v) is 1.57. The predicted octanol–water partition coefficient (Wildman–Crippen LogP) is 3.52. The highest BCUT2D eigenvalue weighted by Crippen LogP contribution is 2.12. The van der Waals surface area contributed by atoms with Crippen LogP contribution in [0.15, 0.2) is 4.99 Å². The van der Waals surface area contributed by atoms with Gasteiger partial charge in [-0.3, -0.25) is 4.99 Å². The number of nitrogens with two attached hydrogens (primary N) is 1. The lowest BCUT2D eigenvalue weighted by molar-refractivity contribution is 0.458. The first-order chi connectivity index (χ1) is 7.39. The lowest BCUT2D eigenvalue weighted by Gasteiger charge is -2.21. The zero-order valence-corrected chi connectivity index (χ0v) is 14.4. The van der Waals surface area contributed by atoms with Crippen molar-refractivity contribution in [2.75, 3.05) is 6.54 Å². The van der Waals surface area contributed by atoms with Gasteiger partial charge >= 0.3 is 0 Å². The van der Waals surface area contributed by atoms with Gasteiger partial charge in [-0.15, -0.1) is 24.0 Å². The highest BCUT2D eigenvalue weighted by molar-refractivity contribution is 14.0. The summed E-state index contributed by atoms with van der Waals surface area (Å²) in [6, 6.07) is 0. The Balaban J connectivity index is 0. The summed E-state index contributed by atoms with van der Waals surface area (Å²) in [5.41, 5.74) is 5.83. The average molecular weight is 355 g/mol. The summed E-state index contributed by atoms with van der Waals surface area (Å²) in [6.07, 6.45) is 5.00. The van der Waals surface area contributed by atoms with E-state index in [2.05, 4.69) is 44.9 Å². The lowest BCUT2D eigenvalue weighted by atomic mass is 10.00. The van der Waals surface area contributed by atoms with E-state index < -0.39 is 0 Å². The molecule has 104 valence electrons. The number of unbranched alkanes of at least 4 members (excludes halogenated alkanes) is 1. The summed E-state index contributed by atoms with van der Waals surface area (Å²) in [4.78, 5) is 4.42. The summed E-state index contributed by atoms with van der Waals surface area (Å²) in [7, 11) is 0. The Labute approximate surface area is 124 Å². The van der Waals surface area contributed by atoms with Crippen LogP contribution in [0.1, 0.15) is 60.3 Å². The molecule has 0 saturated heterocycles. The monoisotopic (exact) mass is 355 g/mol. The van der Waals surface area contributed by atoms with Gasteiger partial charge in [0.15, 0.2) is 5.96 Å². The highest BCUT2D eigenvalue weighted by atomic mass is 127. The smallest absolute Gasteiger partial charge is 0.188 e. The van der Waals surface area contributed by atoms with Crippen LogP contribution in [-0.4, -0.2) is 18.0 Å². The van der Waals surface area contributed by atoms with Gasteiger partial charge in [0.1, 0.15) is 0 Å². The number of hydrogen-bond acceptors (Lipinski definition) is 1. The fourth-order valence-electron chi connectivity index (χ4n) is 1.57. The number of halogens is 1. The molecule has 0 heterocycles. The van der Waals surface area contributed by atoms with Crippen LogP contribution in [0.3, 0.4) is 0 Å². The summed E-state index contributed by atoms with van der Waals surface area (Å²) >= 11 is 0. The number of nitrogens with one attached hydrogen (secondary N) is 1. The van der Waals surface area contributed by atoms with Crippen LogP contribution in [0, 0.1) is 5.92 Å². The van der Waals surface area contributed by atoms with E-state index in [1.165, 1.54) is 25.7 Å². The van der Waals surface area contributed by atoms with Gasteiger partial charge in [0.2, 0.25) is 0 Å². The Kier molecular flexibility index (Phi) is 11.3. The number of hydrogen-bond donors (Lipinski definition) is 2. The molecule has 0 saturated carbocycles. The van der Waals surface area contributed by atoms with Crippen molar-refractivity contribution in [1.82, 2.24) is 5.32 Å². The number of nitrogens with zero attached hydrogens (tertiary/aromatic N) is 1. The van der Waals surface area contributed by atoms with Gasteiger partial charge in [0, 0.05) is 12.1 Å². The Hall–Kier alpha value is 0. The molecule has 1 unspecified atom stereocenters. The van der Waals surface area contributed by atoms with Crippen molar-refractivity contribution in [3.63, 3.8) is 0 Å². The molecule has 4 heteroatoms. The molecule has 0 spiro atoms. The molecule has 0 aliphatic heterocycles. The third-order valence-electron chi connectivity index (χ3n) is 2.57. The third kappa shape index (κ3) is 12.2. The molecule has 0 aromatic rings. The molecule has 0 amide bonds. The highest BCUT2D eigenvalue weighted by Gasteiger charge is 2.10. The van der Waals surface area contributed by atoms with Crippen molar-refractivity contribution in [1.29, 1.82) is 0 Å². The molecular formula is C13H30IN3. The molecule has 0 aromatic carbocycles. The number of aliphatic imine (C=N–C) groups is 1. The Bertz CT molecular complexity index is 209. The maximum atomic E-state index is 5.83. The molecule has 17 heavy (non-hydrogen) atoms. The van der Waals surface area contributed by atoms with E-state index in [9.17, 15) is 0 Å². The molecule has 0 aromatic heterocycles. The third-order valence-corrected chi connectivity index (χ3v) is 2.57. The first-order valence-electron chi connectivity index (χ1n) is 6.47. The van der Waals surface area contributed by atoms with Crippen molar-refractivity contribution in [3.8, 4) is 0 Å². The Morgan fingerprint density at radius 2 is 1.88 bits per heavy atom. The molecule has 0 radical (unpaired) electrons. The maximum absolute atomic E-state index is 5.83. The zero-order chi connectivity index (χ0) is 12.6. The van der Waals surface area contributed by atoms with Gasteiger partial charge in [-0.2, -0.15) is 0 Å². The van der Waals surface area contributed by atoms with E-state index >= 15 is 0 Å². The molecule has 0 rings (SSSR count). The predicted molar refractivity (Wildman–Crippen MR) is 88.1 cm³/mol. The molecule has 3 N–H and O–H groups in total. The Morgan fingerprint density at radius 3 is 2.29 bits per heavy atom. The minimum Gasteiger partial charge on any atom is -0.370 e. The summed E-state index contributed by atoms with van der Waals surface area (Å²) in [6.45, 7) is 11.6. The van der Waals surface area contributed by atoms with Gasteiger partial charge in [-0.1, -0.05) is 33.1 Å². The summed E-state index contributed by atoms with van der Waals surface area (Å²) < 4.78 is 0. The lowest BCUT2D eigenvalue weighted by Crippen LogP contribution is -2.45. The normalized spacial score (nSPS) is 14.1. The molecule has 1 atom stereocenters. The Morgan fingerprint density at radius 1 is 1.29 bits per heavy atom. The fraction of sp³-hybridized carbons (Fsp3) is 0.923. The van der Waals surface area contributed by atoms with E-state index in [-0.39, 0.29) is 29.5 Å². The van der Waals surface area contributed by atoms with Crippen molar-refractivity contribution in [2.45, 2.75) is 65.8 Å². The minimum absolute atomic E-state index is 0. The van der Waals surface area contributed by atoms with Gasteiger partial charge in [-0.25, -0.2) is 0 Å². The van der Waals surface area contributed by atoms with Crippen LogP contribution < -0.4 is 11.1 Å². The van der Waals surface area contributed by atoms with Crippen LogP contribution in [0.4, 0.5) is 0 Å². The van der Waals surface area contributed by atoms with Gasteiger partial charge in [0.05, 0.1) is 0 Å². The first kappa shape index (κ1) is 19.3. The molecule has 0 aliphatic rings. The van der Waals surface area contributed by atoms with E-state index in [0.717, 1.165) is 6.54 Å². The first-order valence-corrected chi connectivity index (χ1v) is 6.47. The maximum Gasteiger partial charge on any atom is 0.188 e. The molecular weight excluding hydrogens is 325 g/mol. The van der Waals surface area contributed by atoms with E-state index in [1.54, 1.807) is 0 Å². The van der Waals surface area contributed by atoms with Crippen molar-refractivity contribution in [2.24, 2.45) is 16.6 Å². The van der Waals surface area contributed by atoms with Crippen molar-refractivity contribution in [3.05, 3.63) is 0 Å². The van der Waals surface area contributed by atoms with Crippen LogP contribution in [0.2, 0.25) is 0 Å². The van der Waals surface area contributed by atoms with Gasteiger partial charge in [-0.05, 0) is 33.1 Å². The van der Waals surface area contributed by atoms with E-state index in [4.69, 9.17) is 5.73 Å². The van der Waals surface area contributed by atoms with Crippen molar-refractivity contribution >= 4 is 29.9 Å². The zero-order valence-electron chi connectivity index (χ0n) is 12.0. The largest absolute Gasteiger partial charge is 0.370 e. The van der Waals surface area contributed by atoms with Crippen LogP contribution in [0.5, 0.6) is 0 Å². The minimum atomic E-state index is -0.00128. The topological polar surface area (TPSA) is 50.4 Å². The van der Waals surface area contributed by atoms with Gasteiger partial charge < -0.3 is 11.1 Å². The van der Waals surface area contributed by atoms with E-state index in [0.29, 0.717) is 11.9 Å². The molecule has 0 bridgehead atoms. The quantitative estimate of drug-likeness (QED) is 0.435. The van der Waals surface area contributed by atoms with Crippen molar-refractivity contribution < 1.29 is 0 Å². The molecule has 0 aliphatic carbocycles. The van der Waals surface area contributed by atoms with Crippen LogP contribution in [0.25, 0.3) is 0 Å². The number of rotatable bonds is 6. The second kappa shape index (κ2) is 9.97. The van der Waals surface area contributed by atoms with Crippen LogP contribution >= 0.6 is 24.0 Å².